The van der Waals surface area contributed by atoms with E-state index in [0.29, 0.717) is 10.0 Å². The Hall–Kier alpha value is -2.20. The van der Waals surface area contributed by atoms with Crippen LogP contribution >= 0.6 is 23.2 Å². The van der Waals surface area contributed by atoms with Gasteiger partial charge in [-0.05, 0) is 0 Å². The average molecular weight is 711 g/mol. The summed E-state index contributed by atoms with van der Waals surface area (Å²) in [5, 5.41) is 1.35. The van der Waals surface area contributed by atoms with Gasteiger partial charge in [-0.15, -0.1) is 0 Å². The molecule has 39 heavy (non-hydrogen) atoms. The number of rotatable bonds is 6. The standard InChI is InChI=1S/C17H12AsCl2.C17H14As.Fe/c19-16-12-11-15(17(16)20)18(13-7-3-1-4-8-13)14-9-5-2-6-10-14;1-3-9-15(10-4-1)18(17-13-7-8-14-17)16-11-5-2-6-12-16;/h1-12H;1-14H;/q2*-1;+2. The molecule has 0 bridgehead atoms. The third-order valence-corrected chi connectivity index (χ3v) is 17.5. The molecule has 0 amide bonds. The van der Waals surface area contributed by atoms with Crippen LogP contribution in [-0.4, -0.2) is 29.3 Å². The van der Waals surface area contributed by atoms with Gasteiger partial charge in [0, 0.05) is 0 Å². The van der Waals surface area contributed by atoms with Gasteiger partial charge in [-0.25, -0.2) is 0 Å². The summed E-state index contributed by atoms with van der Waals surface area (Å²) in [6, 6.07) is 55.7. The summed E-state index contributed by atoms with van der Waals surface area (Å²) in [7, 11) is 0. The molecule has 0 nitrogen and oxygen atoms in total. The van der Waals surface area contributed by atoms with E-state index in [0.717, 1.165) is 0 Å². The van der Waals surface area contributed by atoms with E-state index in [1.807, 2.05) is 18.2 Å². The van der Waals surface area contributed by atoms with E-state index in [-0.39, 0.29) is 17.1 Å². The second kappa shape index (κ2) is 15.0. The first-order valence-electron chi connectivity index (χ1n) is 12.4. The van der Waals surface area contributed by atoms with Gasteiger partial charge in [-0.3, -0.25) is 0 Å². The molecule has 6 rings (SSSR count). The Morgan fingerprint density at radius 2 is 0.949 bits per heavy atom. The normalized spacial score (nSPS) is 10.6. The van der Waals surface area contributed by atoms with E-state index in [2.05, 4.69) is 140 Å². The van der Waals surface area contributed by atoms with Crippen molar-refractivity contribution >= 4 is 78.6 Å². The third kappa shape index (κ3) is 7.51. The van der Waals surface area contributed by atoms with Gasteiger partial charge in [0.25, 0.3) is 0 Å². The van der Waals surface area contributed by atoms with Crippen LogP contribution in [0.2, 0.25) is 10.0 Å². The molecule has 0 saturated heterocycles. The molecule has 0 saturated carbocycles. The zero-order valence-electron chi connectivity index (χ0n) is 21.0. The van der Waals surface area contributed by atoms with Crippen molar-refractivity contribution in [3.63, 3.8) is 0 Å². The summed E-state index contributed by atoms with van der Waals surface area (Å²) >= 11 is 9.58. The maximum absolute atomic E-state index is 6.41. The molecular formula is C34H26As2Cl2Fe. The fraction of sp³-hybridized carbons (Fsp3) is 0. The molecule has 0 N–H and O–H groups in total. The van der Waals surface area contributed by atoms with E-state index in [1.165, 1.54) is 26.1 Å². The number of halogens is 2. The Morgan fingerprint density at radius 1 is 0.513 bits per heavy atom. The van der Waals surface area contributed by atoms with Crippen molar-refractivity contribution in [3.05, 3.63) is 168 Å². The van der Waals surface area contributed by atoms with E-state index in [9.17, 15) is 0 Å². The van der Waals surface area contributed by atoms with Crippen LogP contribution in [0.4, 0.5) is 0 Å². The zero-order chi connectivity index (χ0) is 26.2. The molecule has 0 aliphatic heterocycles. The van der Waals surface area contributed by atoms with Crippen LogP contribution in [0.1, 0.15) is 0 Å². The Labute approximate surface area is 261 Å². The minimum atomic E-state index is -1.63. The summed E-state index contributed by atoms with van der Waals surface area (Å²) in [6.07, 6.45) is 0. The summed E-state index contributed by atoms with van der Waals surface area (Å²) in [6.45, 7) is 0. The molecule has 0 unspecified atom stereocenters. The van der Waals surface area contributed by atoms with Gasteiger partial charge in [0.1, 0.15) is 0 Å². The monoisotopic (exact) mass is 710 g/mol. The minimum absolute atomic E-state index is 0. The molecule has 0 atom stereocenters. The van der Waals surface area contributed by atoms with Crippen LogP contribution < -0.4 is 26.1 Å². The molecule has 6 aromatic carbocycles. The summed E-state index contributed by atoms with van der Waals surface area (Å²) in [5.74, 6) is 0. The first-order chi connectivity index (χ1) is 18.7. The molecule has 6 aromatic rings. The number of hydrogen-bond acceptors (Lipinski definition) is 0. The quantitative estimate of drug-likeness (QED) is 0.166. The summed E-state index contributed by atoms with van der Waals surface area (Å²) in [4.78, 5) is 0. The molecule has 194 valence electrons. The van der Waals surface area contributed by atoms with E-state index >= 15 is 0 Å². The molecule has 0 spiro atoms. The molecule has 0 aromatic heterocycles. The van der Waals surface area contributed by atoms with Gasteiger partial charge in [0.15, 0.2) is 0 Å². The first kappa shape index (κ1) is 29.8. The molecule has 0 aliphatic carbocycles. The van der Waals surface area contributed by atoms with Crippen LogP contribution in [0.5, 0.6) is 0 Å². The van der Waals surface area contributed by atoms with Gasteiger partial charge in [0.05, 0.1) is 0 Å². The van der Waals surface area contributed by atoms with Gasteiger partial charge in [-0.2, -0.15) is 0 Å². The van der Waals surface area contributed by atoms with E-state index in [4.69, 9.17) is 23.2 Å². The van der Waals surface area contributed by atoms with Crippen molar-refractivity contribution in [1.29, 1.82) is 0 Å². The molecular weight excluding hydrogens is 685 g/mol. The fourth-order valence-corrected chi connectivity index (χ4v) is 14.9. The number of hydrogen-bond donors (Lipinski definition) is 0. The van der Waals surface area contributed by atoms with Crippen molar-refractivity contribution in [2.75, 3.05) is 0 Å². The van der Waals surface area contributed by atoms with Crippen molar-refractivity contribution in [3.8, 4) is 0 Å². The second-order valence-corrected chi connectivity index (χ2v) is 18.6. The topological polar surface area (TPSA) is 0 Å². The fourth-order valence-electron chi connectivity index (χ4n) is 4.29. The van der Waals surface area contributed by atoms with E-state index in [1.54, 1.807) is 0 Å². The van der Waals surface area contributed by atoms with Crippen molar-refractivity contribution in [2.24, 2.45) is 0 Å². The van der Waals surface area contributed by atoms with Crippen LogP contribution in [0.3, 0.4) is 0 Å². The molecule has 0 radical (unpaired) electrons. The molecule has 0 heterocycles. The first-order valence-corrected chi connectivity index (χ1v) is 18.7. The predicted octanol–water partition coefficient (Wildman–Crippen LogP) is 5.15. The summed E-state index contributed by atoms with van der Waals surface area (Å²) < 4.78 is 8.39. The van der Waals surface area contributed by atoms with Gasteiger partial charge < -0.3 is 0 Å². The van der Waals surface area contributed by atoms with Crippen LogP contribution in [0.15, 0.2) is 158 Å². The van der Waals surface area contributed by atoms with Crippen molar-refractivity contribution in [2.45, 2.75) is 0 Å². The molecule has 0 aliphatic rings. The average Bonchev–Trinajstić information content (AvgIpc) is 3.63. The number of benzene rings is 4. The van der Waals surface area contributed by atoms with Crippen LogP contribution in [0.25, 0.3) is 0 Å². The maximum atomic E-state index is 6.41. The zero-order valence-corrected chi connectivity index (χ0v) is 27.4. The van der Waals surface area contributed by atoms with Crippen LogP contribution in [0, 0.1) is 0 Å². The predicted molar refractivity (Wildman–Crippen MR) is 169 cm³/mol. The molecule has 0 fully saturated rings. The third-order valence-electron chi connectivity index (χ3n) is 6.02. The second-order valence-electron chi connectivity index (χ2n) is 8.54. The summed E-state index contributed by atoms with van der Waals surface area (Å²) in [5.41, 5.74) is 0. The van der Waals surface area contributed by atoms with Gasteiger partial charge >= 0.3 is 263 Å². The molecule has 5 heteroatoms. The Bertz CT molecular complexity index is 1440. The Balaban J connectivity index is 0.000000177. The van der Waals surface area contributed by atoms with Gasteiger partial charge in [-0.1, -0.05) is 0 Å². The van der Waals surface area contributed by atoms with Gasteiger partial charge in [0.2, 0.25) is 0 Å². The van der Waals surface area contributed by atoms with Crippen molar-refractivity contribution in [1.82, 2.24) is 0 Å². The Kier molecular flexibility index (Phi) is 11.4. The van der Waals surface area contributed by atoms with E-state index < -0.39 is 29.3 Å². The van der Waals surface area contributed by atoms with Crippen LogP contribution in [-0.2, 0) is 17.1 Å². The Morgan fingerprint density at radius 3 is 1.31 bits per heavy atom. The SMILES string of the molecule is Clc1cc[c-]([As](c2ccccc2)c2ccccc2)c1Cl.[Fe+2].c1ccc([As](c2ccccc2)c2ccc[cH-]2)cc1. The van der Waals surface area contributed by atoms with Crippen molar-refractivity contribution < 1.29 is 17.1 Å².